The monoisotopic (exact) mass is 346 g/mol. The molecule has 0 unspecified atom stereocenters. The number of hydrogen-bond acceptors (Lipinski definition) is 5. The van der Waals surface area contributed by atoms with Crippen molar-refractivity contribution in [2.75, 3.05) is 13.1 Å². The van der Waals surface area contributed by atoms with Gasteiger partial charge in [0.25, 0.3) is 0 Å². The van der Waals surface area contributed by atoms with Crippen LogP contribution >= 0.6 is 0 Å². The van der Waals surface area contributed by atoms with Crippen molar-refractivity contribution in [2.24, 2.45) is 0 Å². The number of hydrogen-bond donors (Lipinski definition) is 3. The second-order valence-corrected chi connectivity index (χ2v) is 6.69. The summed E-state index contributed by atoms with van der Waals surface area (Å²) in [7, 11) is 0. The van der Waals surface area contributed by atoms with E-state index in [0.717, 1.165) is 5.56 Å². The summed E-state index contributed by atoms with van der Waals surface area (Å²) in [6.07, 6.45) is 2.88. The number of urea groups is 1. The summed E-state index contributed by atoms with van der Waals surface area (Å²) in [4.78, 5) is 41.5. The van der Waals surface area contributed by atoms with Gasteiger partial charge in [0.1, 0.15) is 11.6 Å². The third kappa shape index (κ3) is 3.79. The number of aryl methyl sites for hydroxylation is 1. The first-order valence-electron chi connectivity index (χ1n) is 8.42. The van der Waals surface area contributed by atoms with E-state index < -0.39 is 17.7 Å². The van der Waals surface area contributed by atoms with Gasteiger partial charge in [-0.25, -0.2) is 4.79 Å². The van der Waals surface area contributed by atoms with Crippen molar-refractivity contribution in [3.8, 4) is 0 Å². The zero-order chi connectivity index (χ0) is 18.0. The molecule has 1 atom stereocenters. The van der Waals surface area contributed by atoms with Crippen LogP contribution in [0.3, 0.4) is 0 Å². The van der Waals surface area contributed by atoms with Crippen LogP contribution in [0.2, 0.25) is 0 Å². The lowest BCUT2D eigenvalue weighted by atomic mass is 9.87. The average Bonchev–Trinajstić information content (AvgIpc) is 2.75. The molecular formula is C17H22N4O4. The Hall–Kier alpha value is -2.48. The van der Waals surface area contributed by atoms with Crippen molar-refractivity contribution in [3.63, 3.8) is 0 Å². The first-order chi connectivity index (χ1) is 11.9. The van der Waals surface area contributed by atoms with Gasteiger partial charge in [0.2, 0.25) is 11.8 Å². The van der Waals surface area contributed by atoms with Gasteiger partial charge >= 0.3 is 6.03 Å². The Morgan fingerprint density at radius 2 is 2.04 bits per heavy atom. The van der Waals surface area contributed by atoms with Crippen molar-refractivity contribution in [1.29, 1.82) is 0 Å². The second kappa shape index (κ2) is 6.79. The smallest absolute Gasteiger partial charge is 0.322 e. The third-order valence-electron chi connectivity index (χ3n) is 4.81. The van der Waals surface area contributed by atoms with Crippen LogP contribution in [0.4, 0.5) is 4.79 Å². The lowest BCUT2D eigenvalue weighted by Gasteiger charge is -2.39. The van der Waals surface area contributed by atoms with Crippen LogP contribution in [0.15, 0.2) is 18.3 Å². The van der Waals surface area contributed by atoms with Gasteiger partial charge in [-0.2, -0.15) is 0 Å². The summed E-state index contributed by atoms with van der Waals surface area (Å²) in [5.41, 5.74) is 0.587. The van der Waals surface area contributed by atoms with E-state index in [1.807, 2.05) is 19.1 Å². The Morgan fingerprint density at radius 1 is 1.32 bits per heavy atom. The molecule has 134 valence electrons. The summed E-state index contributed by atoms with van der Waals surface area (Å²) in [6, 6.07) is 2.37. The molecule has 3 heterocycles. The molecule has 2 aliphatic heterocycles. The molecule has 0 saturated carbocycles. The Morgan fingerprint density at radius 3 is 2.68 bits per heavy atom. The molecule has 2 saturated heterocycles. The third-order valence-corrected chi connectivity index (χ3v) is 4.81. The van der Waals surface area contributed by atoms with E-state index in [0.29, 0.717) is 31.6 Å². The molecule has 2 fully saturated rings. The van der Waals surface area contributed by atoms with Crippen molar-refractivity contribution in [1.82, 2.24) is 20.5 Å². The van der Waals surface area contributed by atoms with E-state index in [1.54, 1.807) is 11.1 Å². The molecule has 1 aromatic rings. The number of likely N-dealkylation sites (tertiary alicyclic amines) is 1. The van der Waals surface area contributed by atoms with Gasteiger partial charge in [0, 0.05) is 25.7 Å². The zero-order valence-corrected chi connectivity index (χ0v) is 14.1. The lowest BCUT2D eigenvalue weighted by molar-refractivity contribution is -0.138. The topological polar surface area (TPSA) is 112 Å². The van der Waals surface area contributed by atoms with E-state index in [9.17, 15) is 19.5 Å². The number of pyridine rings is 1. The molecule has 8 nitrogen and oxygen atoms in total. The number of carbonyl (C=O) groups is 3. The minimum atomic E-state index is -1.05. The predicted octanol–water partition coefficient (Wildman–Crippen LogP) is 0.188. The van der Waals surface area contributed by atoms with Crippen molar-refractivity contribution in [2.45, 2.75) is 44.2 Å². The van der Waals surface area contributed by atoms with Crippen molar-refractivity contribution < 1.29 is 19.5 Å². The highest BCUT2D eigenvalue weighted by molar-refractivity contribution is 5.98. The molecule has 2 aliphatic rings. The van der Waals surface area contributed by atoms with Crippen LogP contribution in [-0.2, 0) is 15.2 Å². The minimum absolute atomic E-state index is 0.125. The van der Waals surface area contributed by atoms with E-state index in [4.69, 9.17) is 0 Å². The molecule has 0 radical (unpaired) electrons. The fourth-order valence-corrected chi connectivity index (χ4v) is 3.23. The maximum Gasteiger partial charge on any atom is 0.322 e. The number of carbonyl (C=O) groups excluding carboxylic acids is 3. The second-order valence-electron chi connectivity index (χ2n) is 6.69. The quantitative estimate of drug-likeness (QED) is 0.708. The summed E-state index contributed by atoms with van der Waals surface area (Å²) < 4.78 is 0. The highest BCUT2D eigenvalue weighted by atomic mass is 16.3. The summed E-state index contributed by atoms with van der Waals surface area (Å²) in [5, 5.41) is 15.5. The van der Waals surface area contributed by atoms with E-state index in [1.165, 1.54) is 0 Å². The van der Waals surface area contributed by atoms with Gasteiger partial charge in [0.15, 0.2) is 0 Å². The molecule has 25 heavy (non-hydrogen) atoms. The highest BCUT2D eigenvalue weighted by Crippen LogP contribution is 2.32. The SMILES string of the molecule is Cc1ccc(C2(O)CCN(C(=O)[C@@H]3CCC(=O)NC(=O)N3)CC2)nc1. The Kier molecular flexibility index (Phi) is 4.71. The van der Waals surface area contributed by atoms with Crippen LogP contribution in [-0.4, -0.2) is 52.0 Å². The van der Waals surface area contributed by atoms with E-state index in [2.05, 4.69) is 15.6 Å². The Balaban J connectivity index is 1.63. The van der Waals surface area contributed by atoms with Crippen molar-refractivity contribution >= 4 is 17.8 Å². The van der Waals surface area contributed by atoms with Gasteiger partial charge < -0.3 is 15.3 Å². The van der Waals surface area contributed by atoms with E-state index >= 15 is 0 Å². The molecule has 3 N–H and O–H groups in total. The summed E-state index contributed by atoms with van der Waals surface area (Å²) in [5.74, 6) is -0.602. The molecule has 0 aromatic carbocycles. The van der Waals surface area contributed by atoms with E-state index in [-0.39, 0.29) is 24.7 Å². The van der Waals surface area contributed by atoms with Gasteiger partial charge in [-0.05, 0) is 37.8 Å². The number of nitrogens with one attached hydrogen (secondary N) is 2. The van der Waals surface area contributed by atoms with Crippen LogP contribution in [0.1, 0.15) is 36.9 Å². The highest BCUT2D eigenvalue weighted by Gasteiger charge is 2.38. The maximum absolute atomic E-state index is 12.6. The van der Waals surface area contributed by atoms with Crippen LogP contribution in [0, 0.1) is 6.92 Å². The standard InChI is InChI=1S/C17H22N4O4/c1-11-2-4-13(18-10-11)17(25)6-8-21(9-7-17)15(23)12-3-5-14(22)20-16(24)19-12/h2,4,10,12,25H,3,5-9H2,1H3,(H2,19,20,22,24)/t12-/m0/s1. The molecule has 0 spiro atoms. The zero-order valence-electron chi connectivity index (χ0n) is 14.1. The molecule has 4 amide bonds. The molecule has 1 aromatic heterocycles. The fraction of sp³-hybridized carbons (Fsp3) is 0.529. The number of aromatic nitrogens is 1. The Labute approximate surface area is 145 Å². The number of imide groups is 1. The molecule has 0 bridgehead atoms. The maximum atomic E-state index is 12.6. The van der Waals surface area contributed by atoms with Gasteiger partial charge in [-0.1, -0.05) is 6.07 Å². The van der Waals surface area contributed by atoms with Gasteiger partial charge in [0.05, 0.1) is 5.69 Å². The molecule has 3 rings (SSSR count). The first kappa shape index (κ1) is 17.3. The summed E-state index contributed by atoms with van der Waals surface area (Å²) >= 11 is 0. The number of piperidine rings is 1. The van der Waals surface area contributed by atoms with Gasteiger partial charge in [-0.15, -0.1) is 0 Å². The fourth-order valence-electron chi connectivity index (χ4n) is 3.23. The Bertz CT molecular complexity index is 680. The molecule has 0 aliphatic carbocycles. The predicted molar refractivity (Wildman–Crippen MR) is 88.4 cm³/mol. The summed E-state index contributed by atoms with van der Waals surface area (Å²) in [6.45, 7) is 2.68. The minimum Gasteiger partial charge on any atom is -0.383 e. The van der Waals surface area contributed by atoms with Crippen molar-refractivity contribution in [3.05, 3.63) is 29.6 Å². The number of aliphatic hydroxyl groups is 1. The van der Waals surface area contributed by atoms with Crippen LogP contribution in [0.25, 0.3) is 0 Å². The number of amides is 4. The average molecular weight is 346 g/mol. The van der Waals surface area contributed by atoms with Crippen LogP contribution in [0.5, 0.6) is 0 Å². The molecule has 8 heteroatoms. The largest absolute Gasteiger partial charge is 0.383 e. The van der Waals surface area contributed by atoms with Crippen LogP contribution < -0.4 is 10.6 Å². The first-order valence-corrected chi connectivity index (χ1v) is 8.42. The number of nitrogens with zero attached hydrogens (tertiary/aromatic N) is 2. The lowest BCUT2D eigenvalue weighted by Crippen LogP contribution is -2.53. The van der Waals surface area contributed by atoms with Gasteiger partial charge in [-0.3, -0.25) is 19.9 Å². The number of rotatable bonds is 2. The normalized spacial score (nSPS) is 23.4. The molecular weight excluding hydrogens is 324 g/mol.